The summed E-state index contributed by atoms with van der Waals surface area (Å²) in [6.45, 7) is -0.344. The number of aliphatic hydroxyl groups is 2. The number of urea groups is 1. The molecule has 10 nitrogen and oxygen atoms in total. The molecule has 1 fully saturated rings. The third-order valence-corrected chi connectivity index (χ3v) is 4.66. The van der Waals surface area contributed by atoms with Gasteiger partial charge in [-0.3, -0.25) is 14.9 Å². The van der Waals surface area contributed by atoms with E-state index in [9.17, 15) is 14.7 Å². The molecule has 2 amide bonds. The highest BCUT2D eigenvalue weighted by Gasteiger charge is 2.34. The third-order valence-electron chi connectivity index (χ3n) is 4.66. The van der Waals surface area contributed by atoms with Gasteiger partial charge in [-0.15, -0.1) is 0 Å². The zero-order valence-electron chi connectivity index (χ0n) is 15.2. The van der Waals surface area contributed by atoms with E-state index >= 15 is 0 Å². The lowest BCUT2D eigenvalue weighted by molar-refractivity contribution is -0.0458. The Morgan fingerprint density at radius 3 is 2.86 bits per heavy atom. The molecule has 2 aromatic heterocycles. The number of fused-ring (bicyclic) bond motifs is 1. The van der Waals surface area contributed by atoms with E-state index in [4.69, 9.17) is 9.84 Å². The standard InChI is InChI=1S/C19H19N5O5/c25-10-15-14(26)9-17(29-15)24-8-6-16(23-19(24)28)22-18(27)21-13-5-1-4-12-11(13)3-2-7-20-12/h1-8,14-15,17,25-26H,9-10H2,(H2,21,22,23,27,28)/t14-,15+,17+/m0/s1. The molecule has 10 heteroatoms. The fraction of sp³-hybridized carbons (Fsp3) is 0.263. The highest BCUT2D eigenvalue weighted by atomic mass is 16.5. The van der Waals surface area contributed by atoms with Crippen molar-refractivity contribution in [3.8, 4) is 0 Å². The molecular weight excluding hydrogens is 378 g/mol. The summed E-state index contributed by atoms with van der Waals surface area (Å²) in [7, 11) is 0. The summed E-state index contributed by atoms with van der Waals surface area (Å²) in [4.78, 5) is 32.7. The summed E-state index contributed by atoms with van der Waals surface area (Å²) in [6, 6.07) is 9.87. The number of nitrogens with one attached hydrogen (secondary N) is 2. The largest absolute Gasteiger partial charge is 0.394 e. The Morgan fingerprint density at radius 1 is 1.24 bits per heavy atom. The van der Waals surface area contributed by atoms with Crippen molar-refractivity contribution in [1.29, 1.82) is 0 Å². The molecule has 1 aromatic carbocycles. The lowest BCUT2D eigenvalue weighted by Gasteiger charge is -2.15. The van der Waals surface area contributed by atoms with Crippen LogP contribution in [0.2, 0.25) is 0 Å². The van der Waals surface area contributed by atoms with Crippen LogP contribution in [-0.2, 0) is 4.74 Å². The number of hydrogen-bond acceptors (Lipinski definition) is 7. The number of benzene rings is 1. The van der Waals surface area contributed by atoms with Crippen molar-refractivity contribution >= 4 is 28.4 Å². The Hall–Kier alpha value is -3.34. The fourth-order valence-electron chi connectivity index (χ4n) is 3.23. The number of carbonyl (C=O) groups is 1. The van der Waals surface area contributed by atoms with Gasteiger partial charge in [-0.25, -0.2) is 9.59 Å². The maximum atomic E-state index is 12.3. The topological polar surface area (TPSA) is 139 Å². The molecule has 4 N–H and O–H groups in total. The zero-order chi connectivity index (χ0) is 20.4. The number of aromatic nitrogens is 3. The first-order valence-electron chi connectivity index (χ1n) is 9.00. The molecule has 0 bridgehead atoms. The maximum Gasteiger partial charge on any atom is 0.351 e. The molecule has 4 rings (SSSR count). The van der Waals surface area contributed by atoms with E-state index in [1.54, 1.807) is 24.4 Å². The van der Waals surface area contributed by atoms with E-state index in [0.717, 1.165) is 10.9 Å². The van der Waals surface area contributed by atoms with Crippen molar-refractivity contribution in [1.82, 2.24) is 14.5 Å². The number of nitrogens with zero attached hydrogens (tertiary/aromatic N) is 3. The van der Waals surface area contributed by atoms with Gasteiger partial charge in [0.15, 0.2) is 0 Å². The summed E-state index contributed by atoms with van der Waals surface area (Å²) in [5, 5.41) is 25.0. The first-order valence-corrected chi connectivity index (χ1v) is 9.00. The average molecular weight is 397 g/mol. The van der Waals surface area contributed by atoms with Crippen molar-refractivity contribution < 1.29 is 19.7 Å². The summed E-state index contributed by atoms with van der Waals surface area (Å²) >= 11 is 0. The minimum atomic E-state index is -0.865. The summed E-state index contributed by atoms with van der Waals surface area (Å²) in [5.74, 6) is 0.0689. The number of pyridine rings is 1. The van der Waals surface area contributed by atoms with Crippen LogP contribution in [0.1, 0.15) is 12.6 Å². The molecule has 0 saturated carbocycles. The van der Waals surface area contributed by atoms with Gasteiger partial charge in [0.05, 0.1) is 23.9 Å². The van der Waals surface area contributed by atoms with E-state index in [2.05, 4.69) is 20.6 Å². The molecule has 0 unspecified atom stereocenters. The van der Waals surface area contributed by atoms with Gasteiger partial charge in [-0.05, 0) is 30.3 Å². The lowest BCUT2D eigenvalue weighted by Crippen LogP contribution is -2.29. The van der Waals surface area contributed by atoms with Crippen molar-refractivity contribution in [2.45, 2.75) is 24.9 Å². The molecule has 3 aromatic rings. The van der Waals surface area contributed by atoms with Crippen LogP contribution in [0.4, 0.5) is 16.3 Å². The number of rotatable bonds is 4. The van der Waals surface area contributed by atoms with Crippen LogP contribution >= 0.6 is 0 Å². The van der Waals surface area contributed by atoms with Gasteiger partial charge < -0.3 is 20.3 Å². The molecule has 3 heterocycles. The van der Waals surface area contributed by atoms with E-state index in [1.807, 2.05) is 12.1 Å². The van der Waals surface area contributed by atoms with E-state index in [-0.39, 0.29) is 18.8 Å². The quantitative estimate of drug-likeness (QED) is 0.517. The number of anilines is 2. The molecule has 0 radical (unpaired) electrons. The predicted molar refractivity (Wildman–Crippen MR) is 105 cm³/mol. The first kappa shape index (κ1) is 19.0. The predicted octanol–water partition coefficient (Wildman–Crippen LogP) is 1.08. The Morgan fingerprint density at radius 2 is 2.10 bits per heavy atom. The van der Waals surface area contributed by atoms with Crippen LogP contribution in [0, 0.1) is 0 Å². The van der Waals surface area contributed by atoms with Crippen LogP contribution < -0.4 is 16.3 Å². The number of aliphatic hydroxyl groups excluding tert-OH is 2. The summed E-state index contributed by atoms with van der Waals surface area (Å²) in [5.41, 5.74) is 0.670. The molecule has 0 aliphatic carbocycles. The van der Waals surface area contributed by atoms with E-state index in [0.29, 0.717) is 5.69 Å². The van der Waals surface area contributed by atoms with Gasteiger partial charge in [0, 0.05) is 24.2 Å². The molecule has 1 saturated heterocycles. The molecule has 29 heavy (non-hydrogen) atoms. The molecule has 1 aliphatic rings. The van der Waals surface area contributed by atoms with E-state index < -0.39 is 30.2 Å². The van der Waals surface area contributed by atoms with Gasteiger partial charge >= 0.3 is 11.7 Å². The highest BCUT2D eigenvalue weighted by Crippen LogP contribution is 2.27. The van der Waals surface area contributed by atoms with Crippen molar-refractivity contribution in [2.24, 2.45) is 0 Å². The second-order valence-electron chi connectivity index (χ2n) is 6.57. The second kappa shape index (κ2) is 7.95. The van der Waals surface area contributed by atoms with Gasteiger partial charge in [0.1, 0.15) is 18.1 Å². The summed E-state index contributed by atoms with van der Waals surface area (Å²) < 4.78 is 6.65. The van der Waals surface area contributed by atoms with Crippen LogP contribution in [-0.4, -0.2) is 49.6 Å². The minimum absolute atomic E-state index is 0.0689. The van der Waals surface area contributed by atoms with E-state index in [1.165, 1.54) is 16.8 Å². The van der Waals surface area contributed by atoms with Gasteiger partial charge in [0.25, 0.3) is 0 Å². The first-order chi connectivity index (χ1) is 14.0. The summed E-state index contributed by atoms with van der Waals surface area (Å²) in [6.07, 6.45) is 0.912. The molecule has 150 valence electrons. The Labute approximate surface area is 164 Å². The van der Waals surface area contributed by atoms with Gasteiger partial charge in [-0.2, -0.15) is 4.98 Å². The third kappa shape index (κ3) is 3.94. The van der Waals surface area contributed by atoms with Crippen molar-refractivity contribution in [2.75, 3.05) is 17.2 Å². The normalized spacial score (nSPS) is 21.2. The van der Waals surface area contributed by atoms with Crippen LogP contribution in [0.3, 0.4) is 0 Å². The van der Waals surface area contributed by atoms with Crippen LogP contribution in [0.5, 0.6) is 0 Å². The Bertz CT molecular complexity index is 1100. The molecule has 3 atom stereocenters. The van der Waals surface area contributed by atoms with Crippen molar-refractivity contribution in [3.63, 3.8) is 0 Å². The number of carbonyl (C=O) groups excluding carboxylic acids is 1. The second-order valence-corrected chi connectivity index (χ2v) is 6.57. The molecule has 0 spiro atoms. The van der Waals surface area contributed by atoms with Crippen molar-refractivity contribution in [3.05, 3.63) is 59.3 Å². The lowest BCUT2D eigenvalue weighted by atomic mass is 10.2. The SMILES string of the molecule is O=C(Nc1ccn([C@H]2C[C@H](O)[C@@H](CO)O2)c(=O)n1)Nc1cccc2ncccc12. The number of hydrogen-bond donors (Lipinski definition) is 4. The highest BCUT2D eigenvalue weighted by molar-refractivity contribution is 6.05. The maximum absolute atomic E-state index is 12.3. The fourth-order valence-corrected chi connectivity index (χ4v) is 3.23. The molecular formula is C19H19N5O5. The Balaban J connectivity index is 1.46. The van der Waals surface area contributed by atoms with Crippen LogP contribution in [0.15, 0.2) is 53.6 Å². The zero-order valence-corrected chi connectivity index (χ0v) is 15.2. The molecule has 1 aliphatic heterocycles. The monoisotopic (exact) mass is 397 g/mol. The smallest absolute Gasteiger partial charge is 0.351 e. The van der Waals surface area contributed by atoms with Gasteiger partial charge in [-0.1, -0.05) is 6.07 Å². The van der Waals surface area contributed by atoms with Gasteiger partial charge in [0.2, 0.25) is 0 Å². The Kier molecular flexibility index (Phi) is 5.21. The number of amides is 2. The average Bonchev–Trinajstić information content (AvgIpc) is 3.08. The minimum Gasteiger partial charge on any atom is -0.394 e. The number of ether oxygens (including phenoxy) is 1. The van der Waals surface area contributed by atoms with Crippen LogP contribution in [0.25, 0.3) is 10.9 Å².